The Morgan fingerprint density at radius 2 is 2.00 bits per heavy atom. The number of nitrogens with zero attached hydrogens (tertiary/aromatic N) is 2. The van der Waals surface area contributed by atoms with Gasteiger partial charge in [0, 0.05) is 11.8 Å². The molecule has 0 atom stereocenters. The Morgan fingerprint density at radius 1 is 1.17 bits per heavy atom. The highest BCUT2D eigenvalue weighted by atomic mass is 16.5. The molecule has 0 saturated heterocycles. The van der Waals surface area contributed by atoms with E-state index in [-0.39, 0.29) is 0 Å². The number of ether oxygens (including phenoxy) is 1. The first kappa shape index (κ1) is 11.0. The zero-order chi connectivity index (χ0) is 12.5. The molecule has 0 spiro atoms. The third kappa shape index (κ3) is 2.12. The van der Waals surface area contributed by atoms with Crippen LogP contribution in [-0.4, -0.2) is 9.97 Å². The predicted octanol–water partition coefficient (Wildman–Crippen LogP) is 2.14. The van der Waals surface area contributed by atoms with Gasteiger partial charge in [-0.15, -0.1) is 0 Å². The van der Waals surface area contributed by atoms with Crippen molar-refractivity contribution in [3.05, 3.63) is 41.2 Å². The predicted molar refractivity (Wildman–Crippen MR) is 69.4 cm³/mol. The first-order chi connectivity index (χ1) is 8.70. The zero-order valence-electron chi connectivity index (χ0n) is 10.1. The van der Waals surface area contributed by atoms with Crippen LogP contribution in [-0.2, 0) is 18.0 Å². The fourth-order valence-electron chi connectivity index (χ4n) is 2.05. The Bertz CT molecular complexity index is 577. The average molecular weight is 242 g/mol. The summed E-state index contributed by atoms with van der Waals surface area (Å²) in [5.41, 5.74) is 9.15. The maximum Gasteiger partial charge on any atom is 0.136 e. The summed E-state index contributed by atoms with van der Waals surface area (Å²) in [6, 6.07) is 7.88. The van der Waals surface area contributed by atoms with Crippen LogP contribution in [0.5, 0.6) is 0 Å². The molecule has 1 aromatic heterocycles. The summed E-state index contributed by atoms with van der Waals surface area (Å²) < 4.78 is 5.38. The van der Waals surface area contributed by atoms with Gasteiger partial charge in [0.25, 0.3) is 0 Å². The fourth-order valence-corrected chi connectivity index (χ4v) is 2.05. The number of nitrogens with one attached hydrogen (secondary N) is 1. The van der Waals surface area contributed by atoms with Crippen LogP contribution < -0.4 is 11.1 Å². The maximum absolute atomic E-state index is 5.69. The van der Waals surface area contributed by atoms with E-state index in [1.807, 2.05) is 13.0 Å². The molecule has 92 valence electrons. The van der Waals surface area contributed by atoms with Crippen molar-refractivity contribution in [3.8, 4) is 0 Å². The molecule has 0 bridgehead atoms. The Labute approximate surface area is 105 Å². The Kier molecular flexibility index (Phi) is 2.60. The summed E-state index contributed by atoms with van der Waals surface area (Å²) in [6.45, 7) is 3.20. The van der Waals surface area contributed by atoms with Gasteiger partial charge in [0.05, 0.1) is 13.2 Å². The van der Waals surface area contributed by atoms with Crippen LogP contribution in [0.4, 0.5) is 17.3 Å². The van der Waals surface area contributed by atoms with Crippen molar-refractivity contribution in [1.82, 2.24) is 9.97 Å². The Morgan fingerprint density at radius 3 is 2.83 bits per heavy atom. The molecular formula is C13H14N4O. The molecule has 5 heteroatoms. The molecule has 18 heavy (non-hydrogen) atoms. The second-order valence-corrected chi connectivity index (χ2v) is 4.33. The highest BCUT2D eigenvalue weighted by Crippen LogP contribution is 2.25. The number of benzene rings is 1. The van der Waals surface area contributed by atoms with Crippen molar-refractivity contribution in [2.45, 2.75) is 20.1 Å². The largest absolute Gasteiger partial charge is 0.384 e. The SMILES string of the molecule is Cc1nc(N)cc(Nc2ccc3c(c2)COC3)n1. The molecule has 2 heterocycles. The van der Waals surface area contributed by atoms with Gasteiger partial charge >= 0.3 is 0 Å². The lowest BCUT2D eigenvalue weighted by molar-refractivity contribution is 0.134. The van der Waals surface area contributed by atoms with Crippen molar-refractivity contribution in [2.24, 2.45) is 0 Å². The smallest absolute Gasteiger partial charge is 0.136 e. The number of hydrogen-bond acceptors (Lipinski definition) is 5. The summed E-state index contributed by atoms with van der Waals surface area (Å²) in [5.74, 6) is 1.83. The summed E-state index contributed by atoms with van der Waals surface area (Å²) in [6.07, 6.45) is 0. The second kappa shape index (κ2) is 4.27. The van der Waals surface area contributed by atoms with Crippen LogP contribution in [0.15, 0.2) is 24.3 Å². The minimum Gasteiger partial charge on any atom is -0.384 e. The highest BCUT2D eigenvalue weighted by molar-refractivity contribution is 5.60. The van der Waals surface area contributed by atoms with Gasteiger partial charge in [-0.05, 0) is 30.2 Å². The lowest BCUT2D eigenvalue weighted by atomic mass is 10.1. The average Bonchev–Trinajstić information content (AvgIpc) is 2.74. The number of nitrogens with two attached hydrogens (primary N) is 1. The number of aryl methyl sites for hydroxylation is 1. The van der Waals surface area contributed by atoms with E-state index in [4.69, 9.17) is 10.5 Å². The molecule has 1 aliphatic heterocycles. The monoisotopic (exact) mass is 242 g/mol. The number of hydrogen-bond donors (Lipinski definition) is 2. The van der Waals surface area contributed by atoms with Crippen LogP contribution in [0.3, 0.4) is 0 Å². The molecule has 0 aliphatic carbocycles. The molecule has 1 aliphatic rings. The summed E-state index contributed by atoms with van der Waals surface area (Å²) >= 11 is 0. The first-order valence-electron chi connectivity index (χ1n) is 5.78. The van der Waals surface area contributed by atoms with Crippen molar-refractivity contribution in [3.63, 3.8) is 0 Å². The molecule has 1 aromatic carbocycles. The topological polar surface area (TPSA) is 73.1 Å². The lowest BCUT2D eigenvalue weighted by Gasteiger charge is -2.08. The minimum atomic E-state index is 0.467. The van der Waals surface area contributed by atoms with Crippen molar-refractivity contribution >= 4 is 17.3 Å². The zero-order valence-corrected chi connectivity index (χ0v) is 10.1. The van der Waals surface area contributed by atoms with Crippen molar-refractivity contribution in [1.29, 1.82) is 0 Å². The third-order valence-corrected chi connectivity index (χ3v) is 2.85. The van der Waals surface area contributed by atoms with E-state index in [1.54, 1.807) is 6.07 Å². The van der Waals surface area contributed by atoms with E-state index in [9.17, 15) is 0 Å². The van der Waals surface area contributed by atoms with Crippen LogP contribution in [0.1, 0.15) is 17.0 Å². The highest BCUT2D eigenvalue weighted by Gasteiger charge is 2.11. The van der Waals surface area contributed by atoms with Gasteiger partial charge in [0.1, 0.15) is 17.5 Å². The molecule has 0 fully saturated rings. The standard InChI is InChI=1S/C13H14N4O/c1-8-15-12(14)5-13(16-8)17-11-3-2-9-6-18-7-10(9)4-11/h2-5H,6-7H2,1H3,(H3,14,15,16,17). The van der Waals surface area contributed by atoms with Gasteiger partial charge in [0.15, 0.2) is 0 Å². The second-order valence-electron chi connectivity index (χ2n) is 4.33. The third-order valence-electron chi connectivity index (χ3n) is 2.85. The number of fused-ring (bicyclic) bond motifs is 1. The van der Waals surface area contributed by atoms with Gasteiger partial charge in [-0.2, -0.15) is 0 Å². The summed E-state index contributed by atoms with van der Waals surface area (Å²) in [7, 11) is 0. The normalized spacial score (nSPS) is 13.4. The molecule has 0 radical (unpaired) electrons. The first-order valence-corrected chi connectivity index (χ1v) is 5.78. The van der Waals surface area contributed by atoms with E-state index in [0.29, 0.717) is 30.7 Å². The number of nitrogen functional groups attached to an aromatic ring is 1. The Balaban J connectivity index is 1.88. The molecule has 0 unspecified atom stereocenters. The minimum absolute atomic E-state index is 0.467. The number of aromatic nitrogens is 2. The molecule has 2 aromatic rings. The molecular weight excluding hydrogens is 228 g/mol. The van der Waals surface area contributed by atoms with E-state index in [0.717, 1.165) is 5.69 Å². The van der Waals surface area contributed by atoms with E-state index >= 15 is 0 Å². The van der Waals surface area contributed by atoms with E-state index in [1.165, 1.54) is 11.1 Å². The quantitative estimate of drug-likeness (QED) is 0.844. The van der Waals surface area contributed by atoms with Crippen LogP contribution in [0.25, 0.3) is 0 Å². The Hall–Kier alpha value is -2.14. The van der Waals surface area contributed by atoms with Gasteiger partial charge in [-0.25, -0.2) is 9.97 Å². The van der Waals surface area contributed by atoms with Crippen molar-refractivity contribution < 1.29 is 4.74 Å². The van der Waals surface area contributed by atoms with Gasteiger partial charge in [-0.3, -0.25) is 0 Å². The molecule has 5 nitrogen and oxygen atoms in total. The van der Waals surface area contributed by atoms with E-state index in [2.05, 4.69) is 27.4 Å². The molecule has 3 N–H and O–H groups in total. The van der Waals surface area contributed by atoms with Crippen LogP contribution in [0.2, 0.25) is 0 Å². The lowest BCUT2D eigenvalue weighted by Crippen LogP contribution is -2.01. The van der Waals surface area contributed by atoms with Gasteiger partial charge in [-0.1, -0.05) is 6.07 Å². The number of anilines is 3. The van der Waals surface area contributed by atoms with Gasteiger partial charge < -0.3 is 15.8 Å². The van der Waals surface area contributed by atoms with E-state index < -0.39 is 0 Å². The molecule has 3 rings (SSSR count). The fraction of sp³-hybridized carbons (Fsp3) is 0.231. The summed E-state index contributed by atoms with van der Waals surface area (Å²) in [5, 5.41) is 3.23. The maximum atomic E-state index is 5.69. The van der Waals surface area contributed by atoms with Crippen LogP contribution >= 0.6 is 0 Å². The summed E-state index contributed by atoms with van der Waals surface area (Å²) in [4.78, 5) is 8.33. The molecule has 0 amide bonds. The molecule has 0 saturated carbocycles. The number of rotatable bonds is 2. The van der Waals surface area contributed by atoms with Crippen molar-refractivity contribution in [2.75, 3.05) is 11.1 Å². The van der Waals surface area contributed by atoms with Gasteiger partial charge in [0.2, 0.25) is 0 Å². The van der Waals surface area contributed by atoms with Crippen LogP contribution in [0, 0.1) is 6.92 Å².